The molecule has 1 aliphatic heterocycles. The molecule has 2 aromatic carbocycles. The molecule has 1 fully saturated rings. The monoisotopic (exact) mass is 506 g/mol. The number of nitrogens with one attached hydrogen (secondary N) is 1. The van der Waals surface area contributed by atoms with Crippen molar-refractivity contribution in [3.63, 3.8) is 0 Å². The summed E-state index contributed by atoms with van der Waals surface area (Å²) in [4.78, 5) is 18.5. The van der Waals surface area contributed by atoms with Crippen molar-refractivity contribution in [1.29, 1.82) is 5.26 Å². The Balaban J connectivity index is 1.78. The number of nitriles is 1. The lowest BCUT2D eigenvalue weighted by molar-refractivity contribution is -0.127. The summed E-state index contributed by atoms with van der Waals surface area (Å²) in [5.41, 5.74) is 3.11. The number of aromatic nitrogens is 1. The van der Waals surface area contributed by atoms with E-state index in [1.807, 2.05) is 24.0 Å². The molecule has 0 saturated carbocycles. The zero-order valence-electron chi connectivity index (χ0n) is 20.4. The smallest absolute Gasteiger partial charge is 0.245 e. The third-order valence-electron chi connectivity index (χ3n) is 6.52. The Morgan fingerprint density at radius 2 is 2.25 bits per heavy atom. The highest BCUT2D eigenvalue weighted by atomic mass is 35.5. The van der Waals surface area contributed by atoms with Crippen LogP contribution < -0.4 is 10.1 Å². The molecule has 1 amide bonds. The Morgan fingerprint density at radius 1 is 1.44 bits per heavy atom. The van der Waals surface area contributed by atoms with Crippen LogP contribution in [0.4, 0.5) is 15.8 Å². The van der Waals surface area contributed by atoms with Crippen LogP contribution in [0.3, 0.4) is 0 Å². The molecule has 1 saturated heterocycles. The molecule has 6 nitrogen and oxygen atoms in total. The number of benzene rings is 2. The van der Waals surface area contributed by atoms with E-state index >= 15 is 0 Å². The van der Waals surface area contributed by atoms with Crippen LogP contribution in [0.1, 0.15) is 36.5 Å². The van der Waals surface area contributed by atoms with Gasteiger partial charge in [-0.15, -0.1) is 0 Å². The van der Waals surface area contributed by atoms with Gasteiger partial charge in [0.25, 0.3) is 0 Å². The molecule has 0 spiro atoms. The number of hydrogen-bond donors (Lipinski definition) is 1. The third-order valence-corrected chi connectivity index (χ3v) is 6.98. The highest BCUT2D eigenvalue weighted by Crippen LogP contribution is 2.37. The molecule has 36 heavy (non-hydrogen) atoms. The van der Waals surface area contributed by atoms with Crippen molar-refractivity contribution in [3.05, 3.63) is 70.6 Å². The van der Waals surface area contributed by atoms with Crippen LogP contribution in [0, 0.1) is 30.0 Å². The Morgan fingerprint density at radius 3 is 2.97 bits per heavy atom. The number of likely N-dealkylation sites (tertiary alicyclic amines) is 1. The number of amides is 1. The van der Waals surface area contributed by atoms with Gasteiger partial charge in [0.2, 0.25) is 5.91 Å². The first-order chi connectivity index (χ1) is 17.4. The van der Waals surface area contributed by atoms with Crippen LogP contribution in [-0.2, 0) is 11.2 Å². The van der Waals surface area contributed by atoms with Crippen molar-refractivity contribution in [3.8, 4) is 11.8 Å². The van der Waals surface area contributed by atoms with E-state index in [2.05, 4.69) is 22.9 Å². The third kappa shape index (κ3) is 5.14. The van der Waals surface area contributed by atoms with Crippen LogP contribution >= 0.6 is 11.6 Å². The number of halogens is 2. The van der Waals surface area contributed by atoms with Crippen LogP contribution in [0.15, 0.2) is 43.1 Å². The van der Waals surface area contributed by atoms with Crippen LogP contribution in [0.5, 0.6) is 5.75 Å². The molecular formula is C28H28ClFN4O2. The average molecular weight is 507 g/mol. The van der Waals surface area contributed by atoms with Crippen molar-refractivity contribution in [1.82, 2.24) is 9.88 Å². The predicted molar refractivity (Wildman–Crippen MR) is 140 cm³/mol. The summed E-state index contributed by atoms with van der Waals surface area (Å²) in [5, 5.41) is 13.6. The maximum atomic E-state index is 14.9. The molecule has 186 valence electrons. The molecule has 3 aromatic rings. The molecule has 1 aliphatic rings. The number of carbonyl (C=O) groups excluding carboxylic acids is 1. The van der Waals surface area contributed by atoms with Gasteiger partial charge in [0.15, 0.2) is 5.82 Å². The lowest BCUT2D eigenvalue weighted by atomic mass is 9.90. The second kappa shape index (κ2) is 11.0. The summed E-state index contributed by atoms with van der Waals surface area (Å²) in [6.45, 7) is 9.11. The fourth-order valence-corrected chi connectivity index (χ4v) is 4.85. The van der Waals surface area contributed by atoms with Crippen molar-refractivity contribution in [2.45, 2.75) is 33.1 Å². The number of anilines is 2. The number of carbonyl (C=O) groups is 1. The number of rotatable bonds is 7. The summed E-state index contributed by atoms with van der Waals surface area (Å²) in [6, 6.07) is 9.29. The number of aryl methyl sites for hydroxylation is 1. The molecule has 1 unspecified atom stereocenters. The second-order valence-corrected chi connectivity index (χ2v) is 9.33. The number of hydrogen-bond acceptors (Lipinski definition) is 5. The first kappa shape index (κ1) is 25.5. The topological polar surface area (TPSA) is 78.3 Å². The highest BCUT2D eigenvalue weighted by molar-refractivity contribution is 6.31. The van der Waals surface area contributed by atoms with Crippen molar-refractivity contribution in [2.24, 2.45) is 5.92 Å². The van der Waals surface area contributed by atoms with Crippen molar-refractivity contribution < 1.29 is 13.9 Å². The van der Waals surface area contributed by atoms with E-state index in [0.29, 0.717) is 47.5 Å². The minimum absolute atomic E-state index is 0.0344. The average Bonchev–Trinajstić information content (AvgIpc) is 2.89. The summed E-state index contributed by atoms with van der Waals surface area (Å²) in [7, 11) is 0. The summed E-state index contributed by atoms with van der Waals surface area (Å²) in [6.07, 6.45) is 5.41. The van der Waals surface area contributed by atoms with Crippen molar-refractivity contribution >= 4 is 39.8 Å². The summed E-state index contributed by atoms with van der Waals surface area (Å²) < 4.78 is 20.9. The number of piperidine rings is 1. The van der Waals surface area contributed by atoms with Gasteiger partial charge < -0.3 is 15.0 Å². The molecule has 1 atom stereocenters. The zero-order valence-corrected chi connectivity index (χ0v) is 21.2. The summed E-state index contributed by atoms with van der Waals surface area (Å²) in [5.74, 6) is 0.323. The summed E-state index contributed by atoms with van der Waals surface area (Å²) >= 11 is 6.13. The van der Waals surface area contributed by atoms with Gasteiger partial charge >= 0.3 is 0 Å². The van der Waals surface area contributed by atoms with Gasteiger partial charge in [-0.2, -0.15) is 5.26 Å². The number of ether oxygens (including phenoxy) is 1. The number of pyridine rings is 1. The van der Waals surface area contributed by atoms with Crippen molar-refractivity contribution in [2.75, 3.05) is 25.0 Å². The van der Waals surface area contributed by atoms with Gasteiger partial charge in [0, 0.05) is 30.7 Å². The largest absolute Gasteiger partial charge is 0.494 e. The predicted octanol–water partition coefficient (Wildman–Crippen LogP) is 6.32. The normalized spacial score (nSPS) is 15.4. The van der Waals surface area contributed by atoms with E-state index in [1.165, 1.54) is 12.3 Å². The van der Waals surface area contributed by atoms with Crippen LogP contribution in [-0.4, -0.2) is 35.5 Å². The minimum Gasteiger partial charge on any atom is -0.494 e. The Labute approximate surface area is 215 Å². The Hall–Kier alpha value is -3.63. The van der Waals surface area contributed by atoms with Crippen LogP contribution in [0.25, 0.3) is 10.9 Å². The first-order valence-electron chi connectivity index (χ1n) is 12.0. The first-order valence-corrected chi connectivity index (χ1v) is 12.4. The number of fused-ring (bicyclic) bond motifs is 1. The SMILES string of the molecule is C=CC(=O)N1CCCC(Cc2cc3c(Nc4ccc(C)c(Cl)c4F)c(C#N)cnc3cc2OCC)C1. The molecule has 0 aliphatic carbocycles. The van der Waals surface area contributed by atoms with Gasteiger partial charge in [0.05, 0.1) is 34.1 Å². The standard InChI is InChI=1S/C28H28ClFN4O2/c1-4-25(35)34-10-6-7-18(16-34)11-19-12-21-23(13-24(19)36-5-2)32-15-20(14-31)28(21)33-22-9-8-17(3)26(29)27(22)30/h4,8-9,12-13,15,18H,1,5-7,10-11,16H2,2-3H3,(H,32,33). The molecular weight excluding hydrogens is 479 g/mol. The van der Waals surface area contributed by atoms with E-state index in [-0.39, 0.29) is 28.1 Å². The van der Waals surface area contributed by atoms with Gasteiger partial charge in [-0.25, -0.2) is 4.39 Å². The minimum atomic E-state index is -0.578. The van der Waals surface area contributed by atoms with Gasteiger partial charge in [-0.1, -0.05) is 24.2 Å². The molecule has 1 aromatic heterocycles. The molecule has 1 N–H and O–H groups in total. The van der Waals surface area contributed by atoms with E-state index < -0.39 is 5.82 Å². The van der Waals surface area contributed by atoms with Gasteiger partial charge in [-0.05, 0) is 68.4 Å². The Bertz CT molecular complexity index is 1370. The van der Waals surface area contributed by atoms with E-state index in [9.17, 15) is 14.4 Å². The highest BCUT2D eigenvalue weighted by Gasteiger charge is 2.24. The Kier molecular flexibility index (Phi) is 7.76. The zero-order chi connectivity index (χ0) is 25.8. The van der Waals surface area contributed by atoms with Gasteiger partial charge in [-0.3, -0.25) is 9.78 Å². The molecule has 2 heterocycles. The lowest BCUT2D eigenvalue weighted by Gasteiger charge is -2.32. The maximum absolute atomic E-state index is 14.9. The van der Waals surface area contributed by atoms with Gasteiger partial charge in [0.1, 0.15) is 11.8 Å². The lowest BCUT2D eigenvalue weighted by Crippen LogP contribution is -2.39. The fraction of sp³-hybridized carbons (Fsp3) is 0.321. The van der Waals surface area contributed by atoms with Crippen LogP contribution in [0.2, 0.25) is 5.02 Å². The maximum Gasteiger partial charge on any atom is 0.245 e. The molecule has 0 bridgehead atoms. The molecule has 4 rings (SSSR count). The molecule has 0 radical (unpaired) electrons. The molecule has 8 heteroatoms. The fourth-order valence-electron chi connectivity index (χ4n) is 4.68. The number of nitrogens with zero attached hydrogens (tertiary/aromatic N) is 3. The second-order valence-electron chi connectivity index (χ2n) is 8.95. The van der Waals surface area contributed by atoms with E-state index in [1.54, 1.807) is 19.1 Å². The van der Waals surface area contributed by atoms with E-state index in [0.717, 1.165) is 24.9 Å². The quantitative estimate of drug-likeness (QED) is 0.379. The van der Waals surface area contributed by atoms with E-state index in [4.69, 9.17) is 16.3 Å².